The van der Waals surface area contributed by atoms with Crippen molar-refractivity contribution >= 4 is 22.6 Å². The van der Waals surface area contributed by atoms with Gasteiger partial charge in [-0.2, -0.15) is 0 Å². The van der Waals surface area contributed by atoms with Crippen molar-refractivity contribution in [3.05, 3.63) is 77.9 Å². The molecule has 2 amide bonds. The Morgan fingerprint density at radius 2 is 1.68 bits per heavy atom. The number of hydrogen-bond donors (Lipinski definition) is 2. The topological polar surface area (TPSA) is 67.4 Å². The fraction of sp³-hybridized carbons (Fsp3) is 0.100. The van der Waals surface area contributed by atoms with Crippen molar-refractivity contribution in [1.82, 2.24) is 10.9 Å². The third-order valence-electron chi connectivity index (χ3n) is 3.69. The van der Waals surface area contributed by atoms with E-state index in [9.17, 15) is 9.59 Å². The molecule has 0 aromatic heterocycles. The Hall–Kier alpha value is -3.34. The van der Waals surface area contributed by atoms with Gasteiger partial charge in [-0.3, -0.25) is 20.4 Å². The molecule has 0 aliphatic heterocycles. The number of hydrogen-bond acceptors (Lipinski definition) is 3. The van der Waals surface area contributed by atoms with E-state index in [0.29, 0.717) is 11.3 Å². The summed E-state index contributed by atoms with van der Waals surface area (Å²) in [5.41, 5.74) is 6.26. The van der Waals surface area contributed by atoms with E-state index in [0.717, 1.165) is 16.3 Å². The first-order chi connectivity index (χ1) is 12.1. The second-order valence-electron chi connectivity index (χ2n) is 5.67. The van der Waals surface area contributed by atoms with E-state index in [1.54, 1.807) is 18.2 Å². The summed E-state index contributed by atoms with van der Waals surface area (Å²) in [4.78, 5) is 23.9. The van der Waals surface area contributed by atoms with Gasteiger partial charge in [0, 0.05) is 5.56 Å². The van der Waals surface area contributed by atoms with Crippen LogP contribution in [0.4, 0.5) is 0 Å². The Bertz CT molecular complexity index is 921. The monoisotopic (exact) mass is 334 g/mol. The van der Waals surface area contributed by atoms with Gasteiger partial charge in [0.05, 0.1) is 0 Å². The van der Waals surface area contributed by atoms with Gasteiger partial charge in [0.25, 0.3) is 11.8 Å². The Morgan fingerprint density at radius 3 is 2.48 bits per heavy atom. The third-order valence-corrected chi connectivity index (χ3v) is 3.69. The van der Waals surface area contributed by atoms with E-state index in [4.69, 9.17) is 4.74 Å². The van der Waals surface area contributed by atoms with Gasteiger partial charge in [-0.1, -0.05) is 42.5 Å². The van der Waals surface area contributed by atoms with E-state index in [1.165, 1.54) is 0 Å². The van der Waals surface area contributed by atoms with E-state index in [2.05, 4.69) is 10.9 Å². The van der Waals surface area contributed by atoms with Gasteiger partial charge in [-0.05, 0) is 47.5 Å². The van der Waals surface area contributed by atoms with Crippen LogP contribution in [0.3, 0.4) is 0 Å². The lowest BCUT2D eigenvalue weighted by molar-refractivity contribution is -0.123. The summed E-state index contributed by atoms with van der Waals surface area (Å²) in [5, 5.41) is 2.01. The molecule has 0 saturated heterocycles. The molecule has 0 spiro atoms. The molecule has 2 N–H and O–H groups in total. The Kier molecular flexibility index (Phi) is 4.95. The van der Waals surface area contributed by atoms with E-state index in [-0.39, 0.29) is 12.5 Å². The fourth-order valence-electron chi connectivity index (χ4n) is 2.42. The minimum Gasteiger partial charge on any atom is -0.484 e. The number of fused-ring (bicyclic) bond motifs is 1. The number of benzene rings is 3. The average Bonchev–Trinajstić information content (AvgIpc) is 2.64. The number of amides is 2. The van der Waals surface area contributed by atoms with Gasteiger partial charge in [0.1, 0.15) is 5.75 Å². The predicted octanol–water partition coefficient (Wildman–Crippen LogP) is 2.99. The summed E-state index contributed by atoms with van der Waals surface area (Å²) in [5.74, 6) is -0.207. The number of ether oxygens (including phenoxy) is 1. The van der Waals surface area contributed by atoms with E-state index >= 15 is 0 Å². The van der Waals surface area contributed by atoms with Gasteiger partial charge in [-0.15, -0.1) is 0 Å². The average molecular weight is 334 g/mol. The maximum atomic E-state index is 12.1. The Morgan fingerprint density at radius 1 is 0.880 bits per heavy atom. The molecule has 0 fully saturated rings. The summed E-state index contributed by atoms with van der Waals surface area (Å²) < 4.78 is 5.38. The van der Waals surface area contributed by atoms with Crippen molar-refractivity contribution in [3.63, 3.8) is 0 Å². The lowest BCUT2D eigenvalue weighted by Gasteiger charge is -2.09. The van der Waals surface area contributed by atoms with Crippen LogP contribution in [-0.4, -0.2) is 18.4 Å². The summed E-state index contributed by atoms with van der Waals surface area (Å²) in [7, 11) is 0. The Labute approximate surface area is 145 Å². The summed E-state index contributed by atoms with van der Waals surface area (Å²) in [6.45, 7) is 1.76. The van der Waals surface area contributed by atoms with E-state index < -0.39 is 5.91 Å². The Balaban J connectivity index is 1.53. The zero-order valence-electron chi connectivity index (χ0n) is 13.8. The van der Waals surface area contributed by atoms with Crippen LogP contribution in [0, 0.1) is 6.92 Å². The lowest BCUT2D eigenvalue weighted by Crippen LogP contribution is -2.43. The molecule has 0 heterocycles. The second kappa shape index (κ2) is 7.49. The molecule has 0 radical (unpaired) electrons. The molecule has 0 aliphatic carbocycles. The molecule has 25 heavy (non-hydrogen) atoms. The van der Waals surface area contributed by atoms with Gasteiger partial charge in [0.2, 0.25) is 0 Å². The number of carbonyl (C=O) groups excluding carboxylic acids is 2. The first-order valence-electron chi connectivity index (χ1n) is 7.89. The third kappa shape index (κ3) is 4.35. The SMILES string of the molecule is Cc1cccc(OCC(=O)NNC(=O)c2ccc3ccccc3c2)c1. The van der Waals surface area contributed by atoms with Crippen LogP contribution in [0.2, 0.25) is 0 Å². The molecular weight excluding hydrogens is 316 g/mol. The maximum absolute atomic E-state index is 12.1. The van der Waals surface area contributed by atoms with Crippen molar-refractivity contribution in [3.8, 4) is 5.75 Å². The largest absolute Gasteiger partial charge is 0.484 e. The van der Waals surface area contributed by atoms with Gasteiger partial charge in [0.15, 0.2) is 6.61 Å². The highest BCUT2D eigenvalue weighted by Crippen LogP contribution is 2.15. The molecule has 126 valence electrons. The molecule has 0 bridgehead atoms. The molecule has 5 nitrogen and oxygen atoms in total. The van der Waals surface area contributed by atoms with Crippen molar-refractivity contribution in [1.29, 1.82) is 0 Å². The minimum atomic E-state index is -0.435. The number of hydrazine groups is 1. The van der Waals surface area contributed by atoms with Crippen LogP contribution in [0.25, 0.3) is 10.8 Å². The zero-order valence-corrected chi connectivity index (χ0v) is 13.8. The van der Waals surface area contributed by atoms with Crippen LogP contribution < -0.4 is 15.6 Å². The quantitative estimate of drug-likeness (QED) is 0.721. The molecule has 3 aromatic carbocycles. The fourth-order valence-corrected chi connectivity index (χ4v) is 2.42. The zero-order chi connectivity index (χ0) is 17.6. The van der Waals surface area contributed by atoms with Crippen LogP contribution in [0.15, 0.2) is 66.7 Å². The normalized spacial score (nSPS) is 10.3. The van der Waals surface area contributed by atoms with Gasteiger partial charge >= 0.3 is 0 Å². The molecule has 0 aliphatic rings. The number of rotatable bonds is 4. The smallest absolute Gasteiger partial charge is 0.276 e. The van der Waals surface area contributed by atoms with E-state index in [1.807, 2.05) is 55.5 Å². The molecule has 5 heteroatoms. The second-order valence-corrected chi connectivity index (χ2v) is 5.67. The first kappa shape index (κ1) is 16.5. The van der Waals surface area contributed by atoms with Crippen LogP contribution in [-0.2, 0) is 4.79 Å². The molecule has 3 rings (SSSR count). The highest BCUT2D eigenvalue weighted by Gasteiger charge is 2.08. The van der Waals surface area contributed by atoms with Crippen LogP contribution in [0.5, 0.6) is 5.75 Å². The van der Waals surface area contributed by atoms with Gasteiger partial charge < -0.3 is 4.74 Å². The highest BCUT2D eigenvalue weighted by atomic mass is 16.5. The van der Waals surface area contributed by atoms with Crippen molar-refractivity contribution in [2.45, 2.75) is 6.92 Å². The number of nitrogens with one attached hydrogen (secondary N) is 2. The number of carbonyl (C=O) groups is 2. The molecule has 3 aromatic rings. The molecule has 0 saturated carbocycles. The number of aryl methyl sites for hydroxylation is 1. The summed E-state index contributed by atoms with van der Waals surface area (Å²) >= 11 is 0. The summed E-state index contributed by atoms with van der Waals surface area (Å²) in [6.07, 6.45) is 0. The van der Waals surface area contributed by atoms with Crippen molar-refractivity contribution < 1.29 is 14.3 Å². The molecule has 0 atom stereocenters. The van der Waals surface area contributed by atoms with Crippen molar-refractivity contribution in [2.24, 2.45) is 0 Å². The van der Waals surface area contributed by atoms with Crippen LogP contribution in [0.1, 0.15) is 15.9 Å². The van der Waals surface area contributed by atoms with Crippen LogP contribution >= 0.6 is 0 Å². The minimum absolute atomic E-state index is 0.179. The molecular formula is C20H18N2O3. The lowest BCUT2D eigenvalue weighted by atomic mass is 10.1. The highest BCUT2D eigenvalue weighted by molar-refractivity contribution is 5.99. The first-order valence-corrected chi connectivity index (χ1v) is 7.89. The molecule has 0 unspecified atom stereocenters. The summed E-state index contributed by atoms with van der Waals surface area (Å²) in [6, 6.07) is 20.5. The predicted molar refractivity (Wildman–Crippen MR) is 96.2 cm³/mol. The van der Waals surface area contributed by atoms with Crippen molar-refractivity contribution in [2.75, 3.05) is 6.61 Å². The van der Waals surface area contributed by atoms with Gasteiger partial charge in [-0.25, -0.2) is 0 Å². The standard InChI is InChI=1S/C20H18N2O3/c1-14-5-4-8-18(11-14)25-13-19(23)21-22-20(24)17-10-9-15-6-2-3-7-16(15)12-17/h2-12H,13H2,1H3,(H,21,23)(H,22,24). The maximum Gasteiger partial charge on any atom is 0.276 e.